The molecule has 0 saturated carbocycles. The lowest BCUT2D eigenvalue weighted by atomic mass is 10.2. The number of hydrogen-bond acceptors (Lipinski definition) is 4. The Morgan fingerprint density at radius 3 is 2.16 bits per heavy atom. The lowest BCUT2D eigenvalue weighted by Crippen LogP contribution is -2.43. The summed E-state index contributed by atoms with van der Waals surface area (Å²) in [5.41, 5.74) is 3.87. The van der Waals surface area contributed by atoms with Crippen molar-refractivity contribution in [2.75, 3.05) is 13.2 Å². The first-order chi connectivity index (χ1) is 12.0. The van der Waals surface area contributed by atoms with Crippen LogP contribution in [0.2, 0.25) is 0 Å². The summed E-state index contributed by atoms with van der Waals surface area (Å²) in [7, 11) is 0. The molecule has 0 saturated heterocycles. The number of ether oxygens (including phenoxy) is 2. The van der Waals surface area contributed by atoms with Crippen molar-refractivity contribution in [1.82, 2.24) is 10.9 Å². The molecule has 2 amide bonds. The van der Waals surface area contributed by atoms with Gasteiger partial charge in [0.2, 0.25) is 0 Å². The lowest BCUT2D eigenvalue weighted by molar-refractivity contribution is -0.123. The average Bonchev–Trinajstić information content (AvgIpc) is 2.58. The second-order valence-electron chi connectivity index (χ2n) is 4.83. The van der Waals surface area contributed by atoms with E-state index in [1.165, 1.54) is 0 Å². The summed E-state index contributed by atoms with van der Waals surface area (Å²) in [5.74, 6) is -2.45. The summed E-state index contributed by atoms with van der Waals surface area (Å²) in [6.07, 6.45) is 0. The molecule has 25 heavy (non-hydrogen) atoms. The van der Waals surface area contributed by atoms with E-state index in [2.05, 4.69) is 5.43 Å². The van der Waals surface area contributed by atoms with Crippen molar-refractivity contribution in [2.45, 2.75) is 6.92 Å². The number of benzene rings is 2. The van der Waals surface area contributed by atoms with Crippen LogP contribution in [0.3, 0.4) is 0 Å². The molecule has 6 nitrogen and oxygen atoms in total. The first-order valence-corrected chi connectivity index (χ1v) is 7.39. The van der Waals surface area contributed by atoms with Crippen molar-refractivity contribution in [3.63, 3.8) is 0 Å². The summed E-state index contributed by atoms with van der Waals surface area (Å²) < 4.78 is 36.8. The number of amides is 2. The summed E-state index contributed by atoms with van der Waals surface area (Å²) >= 11 is 0. The monoisotopic (exact) mass is 350 g/mol. The van der Waals surface area contributed by atoms with Crippen LogP contribution in [0.15, 0.2) is 42.5 Å². The van der Waals surface area contributed by atoms with Crippen LogP contribution in [-0.4, -0.2) is 25.0 Å². The maximum absolute atomic E-state index is 13.1. The molecule has 2 aromatic rings. The van der Waals surface area contributed by atoms with E-state index in [-0.39, 0.29) is 12.2 Å². The Balaban J connectivity index is 1.85. The van der Waals surface area contributed by atoms with Crippen LogP contribution < -0.4 is 20.3 Å². The summed E-state index contributed by atoms with van der Waals surface area (Å²) in [6, 6.07) is 9.13. The predicted molar refractivity (Wildman–Crippen MR) is 85.1 cm³/mol. The van der Waals surface area contributed by atoms with Gasteiger partial charge in [-0.3, -0.25) is 20.4 Å². The van der Waals surface area contributed by atoms with Crippen molar-refractivity contribution in [1.29, 1.82) is 0 Å². The third-order valence-corrected chi connectivity index (χ3v) is 2.95. The maximum Gasteiger partial charge on any atom is 0.276 e. The Kier molecular flexibility index (Phi) is 6.27. The third-order valence-electron chi connectivity index (χ3n) is 2.95. The summed E-state index contributed by atoms with van der Waals surface area (Å²) in [5, 5.41) is 0. The molecule has 0 aliphatic carbocycles. The van der Waals surface area contributed by atoms with Crippen molar-refractivity contribution in [3.05, 3.63) is 59.7 Å². The van der Waals surface area contributed by atoms with Gasteiger partial charge in [-0.15, -0.1) is 0 Å². The Morgan fingerprint density at radius 2 is 1.56 bits per heavy atom. The maximum atomic E-state index is 13.1. The molecule has 0 bridgehead atoms. The SMILES string of the molecule is CCOc1ccccc1OCC(=O)NNC(=O)c1cc(F)cc(F)c1. The van der Waals surface area contributed by atoms with E-state index in [9.17, 15) is 18.4 Å². The second kappa shape index (κ2) is 8.62. The third kappa shape index (κ3) is 5.45. The van der Waals surface area contributed by atoms with Crippen LogP contribution in [0.1, 0.15) is 17.3 Å². The Labute approximate surface area is 142 Å². The molecule has 0 atom stereocenters. The van der Waals surface area contributed by atoms with Crippen molar-refractivity contribution < 1.29 is 27.8 Å². The van der Waals surface area contributed by atoms with Crippen molar-refractivity contribution in [3.8, 4) is 11.5 Å². The minimum Gasteiger partial charge on any atom is -0.490 e. The Bertz CT molecular complexity index is 748. The zero-order valence-corrected chi connectivity index (χ0v) is 13.3. The first kappa shape index (κ1) is 18.2. The van der Waals surface area contributed by atoms with E-state index in [4.69, 9.17) is 9.47 Å². The molecule has 0 aromatic heterocycles. The van der Waals surface area contributed by atoms with Crippen molar-refractivity contribution in [2.24, 2.45) is 0 Å². The molecule has 0 fully saturated rings. The molecular formula is C17H16F2N2O4. The standard InChI is InChI=1S/C17H16F2N2O4/c1-2-24-14-5-3-4-6-15(14)25-10-16(22)20-21-17(23)11-7-12(18)9-13(19)8-11/h3-9H,2,10H2,1H3,(H,20,22)(H,21,23). The number of carbonyl (C=O) groups excluding carboxylic acids is 2. The molecule has 0 unspecified atom stereocenters. The number of nitrogens with one attached hydrogen (secondary N) is 2. The molecule has 8 heteroatoms. The quantitative estimate of drug-likeness (QED) is 0.783. The Hall–Kier alpha value is -3.16. The van der Waals surface area contributed by atoms with Gasteiger partial charge in [-0.05, 0) is 31.2 Å². The number of para-hydroxylation sites is 2. The minimum absolute atomic E-state index is 0.264. The summed E-state index contributed by atoms with van der Waals surface area (Å²) in [6.45, 7) is 1.86. The molecule has 0 heterocycles. The predicted octanol–water partition coefficient (Wildman–Crippen LogP) is 2.20. The zero-order valence-electron chi connectivity index (χ0n) is 13.3. The average molecular weight is 350 g/mol. The fourth-order valence-electron chi connectivity index (χ4n) is 1.91. The van der Waals surface area contributed by atoms with E-state index < -0.39 is 23.4 Å². The molecule has 132 valence electrons. The number of hydrazine groups is 1. The highest BCUT2D eigenvalue weighted by molar-refractivity contribution is 5.95. The molecule has 0 spiro atoms. The highest BCUT2D eigenvalue weighted by Gasteiger charge is 2.11. The van der Waals surface area contributed by atoms with E-state index in [0.717, 1.165) is 12.1 Å². The highest BCUT2D eigenvalue weighted by atomic mass is 19.1. The first-order valence-electron chi connectivity index (χ1n) is 7.39. The number of halogens is 2. The molecule has 2 rings (SSSR count). The normalized spacial score (nSPS) is 10.0. The molecule has 2 aromatic carbocycles. The van der Waals surface area contributed by atoms with Crippen LogP contribution >= 0.6 is 0 Å². The van der Waals surface area contributed by atoms with E-state index in [0.29, 0.717) is 24.2 Å². The summed E-state index contributed by atoms with van der Waals surface area (Å²) in [4.78, 5) is 23.5. The van der Waals surface area contributed by atoms with Gasteiger partial charge in [0.15, 0.2) is 18.1 Å². The van der Waals surface area contributed by atoms with Gasteiger partial charge in [-0.25, -0.2) is 8.78 Å². The fourth-order valence-corrected chi connectivity index (χ4v) is 1.91. The van der Waals surface area contributed by atoms with E-state index in [1.54, 1.807) is 24.3 Å². The number of carbonyl (C=O) groups is 2. The van der Waals surface area contributed by atoms with Crippen LogP contribution in [0.4, 0.5) is 8.78 Å². The minimum atomic E-state index is -0.896. The van der Waals surface area contributed by atoms with Crippen LogP contribution in [0, 0.1) is 11.6 Å². The van der Waals surface area contributed by atoms with Gasteiger partial charge in [-0.1, -0.05) is 12.1 Å². The Morgan fingerprint density at radius 1 is 0.960 bits per heavy atom. The van der Waals surface area contributed by atoms with Crippen molar-refractivity contribution >= 4 is 11.8 Å². The number of hydrogen-bond donors (Lipinski definition) is 2. The second-order valence-corrected chi connectivity index (χ2v) is 4.83. The molecule has 0 radical (unpaired) electrons. The largest absolute Gasteiger partial charge is 0.490 e. The smallest absolute Gasteiger partial charge is 0.276 e. The molecule has 0 aliphatic heterocycles. The van der Waals surface area contributed by atoms with Gasteiger partial charge in [0.25, 0.3) is 11.8 Å². The van der Waals surface area contributed by atoms with Crippen LogP contribution in [0.25, 0.3) is 0 Å². The lowest BCUT2D eigenvalue weighted by Gasteiger charge is -2.12. The van der Waals surface area contributed by atoms with Gasteiger partial charge in [0, 0.05) is 11.6 Å². The van der Waals surface area contributed by atoms with Gasteiger partial charge >= 0.3 is 0 Å². The van der Waals surface area contributed by atoms with E-state index in [1.807, 2.05) is 12.3 Å². The topological polar surface area (TPSA) is 76.7 Å². The fraction of sp³-hybridized carbons (Fsp3) is 0.176. The molecular weight excluding hydrogens is 334 g/mol. The van der Waals surface area contributed by atoms with Gasteiger partial charge in [-0.2, -0.15) is 0 Å². The number of rotatable bonds is 6. The van der Waals surface area contributed by atoms with E-state index >= 15 is 0 Å². The zero-order chi connectivity index (χ0) is 18.2. The van der Waals surface area contributed by atoms with Crippen LogP contribution in [0.5, 0.6) is 11.5 Å². The molecule has 0 aliphatic rings. The van der Waals surface area contributed by atoms with Crippen LogP contribution in [-0.2, 0) is 4.79 Å². The van der Waals surface area contributed by atoms with Gasteiger partial charge < -0.3 is 9.47 Å². The van der Waals surface area contributed by atoms with Gasteiger partial charge in [0.1, 0.15) is 11.6 Å². The van der Waals surface area contributed by atoms with Gasteiger partial charge in [0.05, 0.1) is 6.61 Å². The molecule has 2 N–H and O–H groups in total. The highest BCUT2D eigenvalue weighted by Crippen LogP contribution is 2.26.